The van der Waals surface area contributed by atoms with E-state index in [9.17, 15) is 0 Å². The lowest BCUT2D eigenvalue weighted by molar-refractivity contribution is 1.26. The van der Waals surface area contributed by atoms with Gasteiger partial charge in [0.2, 0.25) is 0 Å². The molecule has 26 heavy (non-hydrogen) atoms. The van der Waals surface area contributed by atoms with E-state index in [1.54, 1.807) is 0 Å². The van der Waals surface area contributed by atoms with Gasteiger partial charge in [-0.2, -0.15) is 0 Å². The minimum Gasteiger partial charge on any atom is -0.245 e. The van der Waals surface area contributed by atoms with Crippen molar-refractivity contribution in [3.63, 3.8) is 0 Å². The van der Waals surface area contributed by atoms with Crippen molar-refractivity contribution in [3.8, 4) is 0 Å². The first-order valence-corrected chi connectivity index (χ1v) is 8.68. The summed E-state index contributed by atoms with van der Waals surface area (Å²) in [4.78, 5) is 8.98. The summed E-state index contributed by atoms with van der Waals surface area (Å²) in [6.07, 6.45) is 2.96. The highest BCUT2D eigenvalue weighted by molar-refractivity contribution is 6.04. The second kappa shape index (κ2) is 8.72. The Morgan fingerprint density at radius 1 is 0.808 bits per heavy atom. The van der Waals surface area contributed by atoms with Crippen LogP contribution in [0.2, 0.25) is 0 Å². The van der Waals surface area contributed by atoms with Crippen LogP contribution in [0, 0.1) is 6.92 Å². The Bertz CT molecular complexity index is 905. The van der Waals surface area contributed by atoms with Gasteiger partial charge in [0.15, 0.2) is 5.84 Å². The van der Waals surface area contributed by atoms with Gasteiger partial charge < -0.3 is 0 Å². The third-order valence-corrected chi connectivity index (χ3v) is 4.13. The average molecular weight is 338 g/mol. The van der Waals surface area contributed by atoms with E-state index in [-0.39, 0.29) is 0 Å². The first-order valence-electron chi connectivity index (χ1n) is 8.68. The minimum absolute atomic E-state index is 0.630. The van der Waals surface area contributed by atoms with Crippen LogP contribution in [0.3, 0.4) is 0 Å². The van der Waals surface area contributed by atoms with Crippen LogP contribution in [-0.4, -0.2) is 12.6 Å². The molecular weight excluding hydrogens is 316 g/mol. The largest absolute Gasteiger partial charge is 0.245 e. The molecule has 0 aliphatic heterocycles. The molecule has 0 spiro atoms. The summed E-state index contributed by atoms with van der Waals surface area (Å²) in [5.74, 6) is 0.630. The Kier molecular flexibility index (Phi) is 5.89. The van der Waals surface area contributed by atoms with E-state index < -0.39 is 0 Å². The van der Waals surface area contributed by atoms with Crippen molar-refractivity contribution in [2.24, 2.45) is 9.98 Å². The second-order valence-electron chi connectivity index (χ2n) is 6.10. The number of amidine groups is 1. The summed E-state index contributed by atoms with van der Waals surface area (Å²) < 4.78 is 0. The van der Waals surface area contributed by atoms with Gasteiger partial charge >= 0.3 is 0 Å². The van der Waals surface area contributed by atoms with Gasteiger partial charge in [0.25, 0.3) is 0 Å². The molecule has 0 fully saturated rings. The van der Waals surface area contributed by atoms with Crippen LogP contribution in [0.1, 0.15) is 22.3 Å². The summed E-state index contributed by atoms with van der Waals surface area (Å²) in [6, 6.07) is 28.7. The van der Waals surface area contributed by atoms with Crippen molar-refractivity contribution in [2.75, 3.05) is 0 Å². The van der Waals surface area contributed by atoms with Gasteiger partial charge in [-0.3, -0.25) is 0 Å². The van der Waals surface area contributed by atoms with Crippen LogP contribution < -0.4 is 0 Å². The Morgan fingerprint density at radius 2 is 1.42 bits per heavy atom. The molecule has 0 saturated heterocycles. The Morgan fingerprint density at radius 3 is 2.04 bits per heavy atom. The molecule has 0 aliphatic carbocycles. The highest BCUT2D eigenvalue weighted by Crippen LogP contribution is 2.20. The molecule has 0 saturated carbocycles. The van der Waals surface area contributed by atoms with E-state index in [1.165, 1.54) is 11.1 Å². The van der Waals surface area contributed by atoms with E-state index in [4.69, 9.17) is 4.99 Å². The zero-order chi connectivity index (χ0) is 18.2. The van der Waals surface area contributed by atoms with Gasteiger partial charge in [-0.1, -0.05) is 96.6 Å². The van der Waals surface area contributed by atoms with Gasteiger partial charge in [-0.25, -0.2) is 9.98 Å². The minimum atomic E-state index is 0.630. The Balaban J connectivity index is 2.00. The summed E-state index contributed by atoms with van der Waals surface area (Å²) in [5.41, 5.74) is 5.41. The first kappa shape index (κ1) is 17.6. The number of rotatable bonds is 5. The van der Waals surface area contributed by atoms with Crippen LogP contribution in [0.5, 0.6) is 0 Å². The first-order chi connectivity index (χ1) is 12.8. The number of hydrogen-bond acceptors (Lipinski definition) is 1. The fraction of sp³-hybridized carbons (Fsp3) is 0.0833. The SMILES string of the molecule is C=NC(=N/C(=C\Cc1ccccc1)c1ccc(C)cc1)c1ccccc1. The van der Waals surface area contributed by atoms with E-state index >= 15 is 0 Å². The molecule has 128 valence electrons. The number of aliphatic imine (C=N–C) groups is 2. The van der Waals surface area contributed by atoms with Crippen LogP contribution in [-0.2, 0) is 6.42 Å². The van der Waals surface area contributed by atoms with E-state index in [2.05, 4.69) is 73.2 Å². The van der Waals surface area contributed by atoms with Crippen LogP contribution in [0.4, 0.5) is 0 Å². The predicted octanol–water partition coefficient (Wildman–Crippen LogP) is 5.73. The maximum Gasteiger partial charge on any atom is 0.159 e. The third-order valence-electron chi connectivity index (χ3n) is 4.13. The molecule has 0 aromatic heterocycles. The summed E-state index contributed by atoms with van der Waals surface area (Å²) in [6.45, 7) is 5.79. The molecule has 0 atom stereocenters. The molecule has 3 aromatic rings. The molecule has 0 amide bonds. The normalized spacial score (nSPS) is 12.0. The van der Waals surface area contributed by atoms with Crippen LogP contribution in [0.15, 0.2) is 101 Å². The number of nitrogens with zero attached hydrogens (tertiary/aromatic N) is 2. The highest BCUT2D eigenvalue weighted by Gasteiger charge is 2.05. The fourth-order valence-corrected chi connectivity index (χ4v) is 2.67. The monoisotopic (exact) mass is 338 g/mol. The molecular formula is C24H22N2. The van der Waals surface area contributed by atoms with Gasteiger partial charge in [0, 0.05) is 5.56 Å². The predicted molar refractivity (Wildman–Crippen MR) is 112 cm³/mol. The van der Waals surface area contributed by atoms with Gasteiger partial charge in [0.05, 0.1) is 5.70 Å². The number of aryl methyl sites for hydroxylation is 1. The van der Waals surface area contributed by atoms with Gasteiger partial charge in [-0.05, 0) is 31.2 Å². The molecule has 0 heterocycles. The second-order valence-corrected chi connectivity index (χ2v) is 6.10. The van der Waals surface area contributed by atoms with E-state index in [0.717, 1.165) is 23.2 Å². The lowest BCUT2D eigenvalue weighted by Gasteiger charge is -2.07. The van der Waals surface area contributed by atoms with Gasteiger partial charge in [0.1, 0.15) is 0 Å². The molecule has 0 aliphatic rings. The highest BCUT2D eigenvalue weighted by atomic mass is 14.9. The standard InChI is InChI=1S/C24H22N2/c1-19-13-16-21(17-14-19)23(18-15-20-9-5-3-6-10-20)26-24(25-2)22-11-7-4-8-12-22/h3-14,16-18H,2,15H2,1H3/b23-18-,26-24?. The summed E-state index contributed by atoms with van der Waals surface area (Å²) >= 11 is 0. The zero-order valence-corrected chi connectivity index (χ0v) is 15.0. The summed E-state index contributed by atoms with van der Waals surface area (Å²) in [7, 11) is 0. The number of allylic oxidation sites excluding steroid dienone is 1. The fourth-order valence-electron chi connectivity index (χ4n) is 2.67. The molecule has 0 unspecified atom stereocenters. The van der Waals surface area contributed by atoms with E-state index in [0.29, 0.717) is 5.84 Å². The molecule has 0 radical (unpaired) electrons. The van der Waals surface area contributed by atoms with Gasteiger partial charge in [-0.15, -0.1) is 0 Å². The Labute approximate surface area is 155 Å². The average Bonchev–Trinajstić information content (AvgIpc) is 2.70. The van der Waals surface area contributed by atoms with Crippen molar-refractivity contribution >= 4 is 18.3 Å². The molecule has 3 rings (SSSR count). The van der Waals surface area contributed by atoms with Crippen molar-refractivity contribution < 1.29 is 0 Å². The molecule has 3 aromatic carbocycles. The van der Waals surface area contributed by atoms with Crippen molar-refractivity contribution in [3.05, 3.63) is 113 Å². The van der Waals surface area contributed by atoms with Crippen molar-refractivity contribution in [2.45, 2.75) is 13.3 Å². The smallest absolute Gasteiger partial charge is 0.159 e. The summed E-state index contributed by atoms with van der Waals surface area (Å²) in [5, 5.41) is 0. The molecule has 2 heteroatoms. The molecule has 2 nitrogen and oxygen atoms in total. The lowest BCUT2D eigenvalue weighted by Crippen LogP contribution is -1.97. The van der Waals surface area contributed by atoms with Crippen molar-refractivity contribution in [1.82, 2.24) is 0 Å². The van der Waals surface area contributed by atoms with Crippen molar-refractivity contribution in [1.29, 1.82) is 0 Å². The van der Waals surface area contributed by atoms with Crippen LogP contribution >= 0.6 is 0 Å². The third kappa shape index (κ3) is 4.64. The zero-order valence-electron chi connectivity index (χ0n) is 15.0. The lowest BCUT2D eigenvalue weighted by atomic mass is 10.1. The quantitative estimate of drug-likeness (QED) is 0.419. The van der Waals surface area contributed by atoms with Crippen LogP contribution in [0.25, 0.3) is 5.70 Å². The number of hydrogen-bond donors (Lipinski definition) is 0. The number of benzene rings is 3. The van der Waals surface area contributed by atoms with E-state index in [1.807, 2.05) is 36.4 Å². The molecule has 0 bridgehead atoms. The Hall–Kier alpha value is -3.26. The maximum atomic E-state index is 4.83. The topological polar surface area (TPSA) is 24.7 Å². The molecule has 0 N–H and O–H groups in total. The maximum absolute atomic E-state index is 4.83.